The number of rotatable bonds is 3. The summed E-state index contributed by atoms with van der Waals surface area (Å²) in [6, 6.07) is 6.54. The van der Waals surface area contributed by atoms with Crippen molar-refractivity contribution in [3.63, 3.8) is 0 Å². The minimum absolute atomic E-state index is 0.0238. The number of benzene rings is 1. The molecule has 0 spiro atoms. The molecule has 1 aromatic carbocycles. The summed E-state index contributed by atoms with van der Waals surface area (Å²) >= 11 is 1.47. The molecule has 0 aliphatic rings. The molecular formula is C20H16F3N3OS. The van der Waals surface area contributed by atoms with Gasteiger partial charge in [-0.15, -0.1) is 11.3 Å². The number of hydrogen-bond acceptors (Lipinski definition) is 3. The summed E-state index contributed by atoms with van der Waals surface area (Å²) in [5.74, 6) is 5.03. The van der Waals surface area contributed by atoms with Gasteiger partial charge in [-0.1, -0.05) is 17.9 Å². The summed E-state index contributed by atoms with van der Waals surface area (Å²) in [5, 5.41) is 5.31. The fourth-order valence-electron chi connectivity index (χ4n) is 2.75. The van der Waals surface area contributed by atoms with Gasteiger partial charge in [0.1, 0.15) is 0 Å². The molecule has 28 heavy (non-hydrogen) atoms. The molecule has 8 heteroatoms. The summed E-state index contributed by atoms with van der Waals surface area (Å²) in [6.45, 7) is 3.74. The van der Waals surface area contributed by atoms with E-state index in [1.54, 1.807) is 12.3 Å². The maximum Gasteiger partial charge on any atom is 0.416 e. The van der Waals surface area contributed by atoms with Gasteiger partial charge in [0.25, 0.3) is 5.91 Å². The molecular weight excluding hydrogens is 387 g/mol. The van der Waals surface area contributed by atoms with E-state index in [1.807, 2.05) is 23.8 Å². The average molecular weight is 403 g/mol. The Hall–Kier alpha value is -3.05. The van der Waals surface area contributed by atoms with Crippen LogP contribution < -0.4 is 5.32 Å². The summed E-state index contributed by atoms with van der Waals surface area (Å²) in [7, 11) is 0. The minimum atomic E-state index is -4.41. The summed E-state index contributed by atoms with van der Waals surface area (Å²) in [6.07, 6.45) is -2.71. The van der Waals surface area contributed by atoms with Crippen LogP contribution in [0.3, 0.4) is 0 Å². The van der Waals surface area contributed by atoms with Crippen molar-refractivity contribution in [1.29, 1.82) is 0 Å². The Kier molecular flexibility index (Phi) is 5.56. The van der Waals surface area contributed by atoms with E-state index in [2.05, 4.69) is 22.1 Å². The number of nitrogens with one attached hydrogen (secondary N) is 1. The molecule has 144 valence electrons. The Morgan fingerprint density at radius 1 is 1.29 bits per heavy atom. The van der Waals surface area contributed by atoms with Gasteiger partial charge in [0.05, 0.1) is 17.7 Å². The first-order chi connectivity index (χ1) is 13.3. The van der Waals surface area contributed by atoms with E-state index in [1.165, 1.54) is 23.5 Å². The molecule has 2 aromatic heterocycles. The predicted molar refractivity (Wildman–Crippen MR) is 102 cm³/mol. The number of carbonyl (C=O) groups is 1. The third-order valence-electron chi connectivity index (χ3n) is 4.05. The number of alkyl halides is 3. The van der Waals surface area contributed by atoms with Crippen molar-refractivity contribution in [2.45, 2.75) is 20.0 Å². The van der Waals surface area contributed by atoms with Crippen LogP contribution in [0.15, 0.2) is 41.9 Å². The second kappa shape index (κ2) is 7.90. The Labute approximate surface area is 164 Å². The molecule has 0 bridgehead atoms. The summed E-state index contributed by atoms with van der Waals surface area (Å²) in [5.41, 5.74) is 1.64. The molecule has 3 rings (SSSR count). The highest BCUT2D eigenvalue weighted by molar-refractivity contribution is 7.12. The third kappa shape index (κ3) is 4.26. The zero-order valence-corrected chi connectivity index (χ0v) is 15.9. The maximum atomic E-state index is 12.7. The molecule has 1 amide bonds. The van der Waals surface area contributed by atoms with E-state index in [0.717, 1.165) is 28.7 Å². The SMILES string of the molecule is Cc1cc(C(=O)NCC#Cc2cccc(C(F)(F)F)c2)c(C)n1-c1nccs1. The second-order valence-electron chi connectivity index (χ2n) is 6.00. The van der Waals surface area contributed by atoms with Gasteiger partial charge < -0.3 is 5.32 Å². The molecule has 4 nitrogen and oxygen atoms in total. The monoisotopic (exact) mass is 403 g/mol. The fraction of sp³-hybridized carbons (Fsp3) is 0.200. The van der Waals surface area contributed by atoms with Crippen LogP contribution in [0.5, 0.6) is 0 Å². The summed E-state index contributed by atoms with van der Waals surface area (Å²) in [4.78, 5) is 16.7. The molecule has 0 aliphatic heterocycles. The zero-order valence-electron chi connectivity index (χ0n) is 15.1. The lowest BCUT2D eigenvalue weighted by Crippen LogP contribution is -2.24. The van der Waals surface area contributed by atoms with Crippen molar-refractivity contribution < 1.29 is 18.0 Å². The average Bonchev–Trinajstić information content (AvgIpc) is 3.26. The Morgan fingerprint density at radius 3 is 2.75 bits per heavy atom. The van der Waals surface area contributed by atoms with Crippen molar-refractivity contribution in [1.82, 2.24) is 14.9 Å². The first kappa shape index (κ1) is 19.7. The zero-order chi connectivity index (χ0) is 20.3. The van der Waals surface area contributed by atoms with Crippen LogP contribution >= 0.6 is 11.3 Å². The van der Waals surface area contributed by atoms with Gasteiger partial charge in [0, 0.05) is 28.5 Å². The van der Waals surface area contributed by atoms with E-state index in [0.29, 0.717) is 5.56 Å². The second-order valence-corrected chi connectivity index (χ2v) is 6.87. The smallest absolute Gasteiger partial charge is 0.341 e. The fourth-order valence-corrected chi connectivity index (χ4v) is 3.50. The predicted octanol–water partition coefficient (Wildman–Crippen LogP) is 4.35. The molecule has 1 N–H and O–H groups in total. The number of amides is 1. The number of aryl methyl sites for hydroxylation is 1. The van der Waals surface area contributed by atoms with Crippen molar-refractivity contribution >= 4 is 17.2 Å². The van der Waals surface area contributed by atoms with Crippen LogP contribution in [0.1, 0.15) is 32.9 Å². The van der Waals surface area contributed by atoms with Gasteiger partial charge >= 0.3 is 6.18 Å². The molecule has 0 unspecified atom stereocenters. The lowest BCUT2D eigenvalue weighted by atomic mass is 10.1. The molecule has 0 atom stereocenters. The van der Waals surface area contributed by atoms with Crippen molar-refractivity contribution in [3.8, 4) is 17.0 Å². The number of nitrogens with zero attached hydrogens (tertiary/aromatic N) is 2. The van der Waals surface area contributed by atoms with Crippen LogP contribution in [0.2, 0.25) is 0 Å². The van der Waals surface area contributed by atoms with Crippen molar-refractivity contribution in [2.24, 2.45) is 0 Å². The maximum absolute atomic E-state index is 12.7. The number of thiazole rings is 1. The number of carbonyl (C=O) groups excluding carboxylic acids is 1. The van der Waals surface area contributed by atoms with Crippen LogP contribution in [0, 0.1) is 25.7 Å². The normalized spacial score (nSPS) is 11.0. The van der Waals surface area contributed by atoms with E-state index in [-0.39, 0.29) is 18.0 Å². The topological polar surface area (TPSA) is 46.9 Å². The Morgan fingerprint density at radius 2 is 2.07 bits per heavy atom. The standard InChI is InChI=1S/C20H16F3N3OS/c1-13-11-17(14(2)26(13)19-25-9-10-28-19)18(27)24-8-4-6-15-5-3-7-16(12-15)20(21,22)23/h3,5,7,9-12H,8H2,1-2H3,(H,24,27). The summed E-state index contributed by atoms with van der Waals surface area (Å²) < 4.78 is 40.0. The van der Waals surface area contributed by atoms with Crippen molar-refractivity contribution in [2.75, 3.05) is 6.54 Å². The van der Waals surface area contributed by atoms with Gasteiger partial charge in [-0.2, -0.15) is 13.2 Å². The molecule has 0 saturated heterocycles. The Bertz CT molecular complexity index is 1060. The number of hydrogen-bond donors (Lipinski definition) is 1. The lowest BCUT2D eigenvalue weighted by Gasteiger charge is -2.06. The molecule has 2 heterocycles. The van der Waals surface area contributed by atoms with Crippen LogP contribution in [0.25, 0.3) is 5.13 Å². The first-order valence-corrected chi connectivity index (χ1v) is 9.18. The van der Waals surface area contributed by atoms with E-state index in [4.69, 9.17) is 0 Å². The van der Waals surface area contributed by atoms with Gasteiger partial charge in [-0.3, -0.25) is 9.36 Å². The van der Waals surface area contributed by atoms with Crippen LogP contribution in [-0.2, 0) is 6.18 Å². The molecule has 0 saturated carbocycles. The van der Waals surface area contributed by atoms with Crippen LogP contribution in [0.4, 0.5) is 13.2 Å². The highest BCUT2D eigenvalue weighted by Gasteiger charge is 2.30. The number of halogens is 3. The molecule has 3 aromatic rings. The van der Waals surface area contributed by atoms with E-state index < -0.39 is 11.7 Å². The largest absolute Gasteiger partial charge is 0.416 e. The number of aromatic nitrogens is 2. The molecule has 0 aliphatic carbocycles. The highest BCUT2D eigenvalue weighted by Crippen LogP contribution is 2.29. The van der Waals surface area contributed by atoms with Gasteiger partial charge in [0.2, 0.25) is 0 Å². The van der Waals surface area contributed by atoms with E-state index >= 15 is 0 Å². The first-order valence-electron chi connectivity index (χ1n) is 8.30. The van der Waals surface area contributed by atoms with Crippen molar-refractivity contribution in [3.05, 3.63) is 70.0 Å². The Balaban J connectivity index is 1.68. The third-order valence-corrected chi connectivity index (χ3v) is 4.80. The lowest BCUT2D eigenvalue weighted by molar-refractivity contribution is -0.137. The molecule has 0 radical (unpaired) electrons. The van der Waals surface area contributed by atoms with E-state index in [9.17, 15) is 18.0 Å². The minimum Gasteiger partial charge on any atom is -0.341 e. The van der Waals surface area contributed by atoms with Crippen LogP contribution in [-0.4, -0.2) is 22.0 Å². The van der Waals surface area contributed by atoms with Gasteiger partial charge in [-0.05, 0) is 38.1 Å². The van der Waals surface area contributed by atoms with Gasteiger partial charge in [-0.25, -0.2) is 4.98 Å². The highest BCUT2D eigenvalue weighted by atomic mass is 32.1. The van der Waals surface area contributed by atoms with Gasteiger partial charge in [0.15, 0.2) is 5.13 Å². The molecule has 0 fully saturated rings. The quantitative estimate of drug-likeness (QED) is 0.661.